The Balaban J connectivity index is 1.53. The SMILES string of the molecule is Cc1nnc(C(c2ccncc2)c2ccc3[nH]c(C(N)C4CCCCCCC4)nc3c2F)o1. The van der Waals surface area contributed by atoms with Crippen LogP contribution in [-0.4, -0.2) is 25.1 Å². The molecule has 5 rings (SSSR count). The molecular formula is C25H29FN6O. The third-order valence-corrected chi connectivity index (χ3v) is 6.75. The summed E-state index contributed by atoms with van der Waals surface area (Å²) in [5.74, 6) is 0.812. The van der Waals surface area contributed by atoms with Gasteiger partial charge in [-0.3, -0.25) is 4.98 Å². The highest BCUT2D eigenvalue weighted by Gasteiger charge is 2.29. The average Bonchev–Trinajstić information content (AvgIpc) is 3.43. The minimum Gasteiger partial charge on any atom is -0.425 e. The standard InChI is InChI=1S/C25H29FN6O/c1-15-31-32-25(33-15)20(16-11-13-28-14-12-16)18-9-10-19-23(21(18)26)30-24(29-19)22(27)17-7-5-3-2-4-6-8-17/h9-14,17,20,22H,2-8,27H2,1H3,(H,29,30). The smallest absolute Gasteiger partial charge is 0.228 e. The first-order valence-electron chi connectivity index (χ1n) is 11.8. The van der Waals surface area contributed by atoms with Crippen molar-refractivity contribution in [3.63, 3.8) is 0 Å². The van der Waals surface area contributed by atoms with Gasteiger partial charge in [-0.1, -0.05) is 38.2 Å². The Bertz CT molecular complexity index is 1210. The number of benzene rings is 1. The van der Waals surface area contributed by atoms with Gasteiger partial charge in [-0.25, -0.2) is 9.37 Å². The Morgan fingerprint density at radius 1 is 1.03 bits per heavy atom. The highest BCUT2D eigenvalue weighted by Crippen LogP contribution is 2.36. The lowest BCUT2D eigenvalue weighted by Crippen LogP contribution is -2.23. The van der Waals surface area contributed by atoms with Crippen LogP contribution in [0.5, 0.6) is 0 Å². The van der Waals surface area contributed by atoms with Gasteiger partial charge in [0.15, 0.2) is 5.82 Å². The number of halogens is 1. The molecule has 1 fully saturated rings. The van der Waals surface area contributed by atoms with E-state index in [4.69, 9.17) is 10.2 Å². The first kappa shape index (κ1) is 21.7. The van der Waals surface area contributed by atoms with Crippen LogP contribution in [0, 0.1) is 18.7 Å². The van der Waals surface area contributed by atoms with E-state index in [2.05, 4.69) is 25.1 Å². The lowest BCUT2D eigenvalue weighted by Gasteiger charge is -2.24. The van der Waals surface area contributed by atoms with Crippen molar-refractivity contribution in [3.05, 3.63) is 71.2 Å². The highest BCUT2D eigenvalue weighted by atomic mass is 19.1. The number of pyridine rings is 1. The number of aromatic nitrogens is 5. The van der Waals surface area contributed by atoms with Gasteiger partial charge in [0, 0.05) is 24.9 Å². The summed E-state index contributed by atoms with van der Waals surface area (Å²) in [7, 11) is 0. The number of nitrogens with one attached hydrogen (secondary N) is 1. The van der Waals surface area contributed by atoms with Crippen LogP contribution in [0.25, 0.3) is 11.0 Å². The highest BCUT2D eigenvalue weighted by molar-refractivity contribution is 5.77. The van der Waals surface area contributed by atoms with E-state index in [9.17, 15) is 0 Å². The van der Waals surface area contributed by atoms with Crippen LogP contribution in [0.1, 0.15) is 85.6 Å². The maximum atomic E-state index is 15.9. The van der Waals surface area contributed by atoms with Gasteiger partial charge in [0.25, 0.3) is 0 Å². The summed E-state index contributed by atoms with van der Waals surface area (Å²) in [5.41, 5.74) is 8.80. The molecule has 0 spiro atoms. The molecule has 172 valence electrons. The average molecular weight is 449 g/mol. The second-order valence-corrected chi connectivity index (χ2v) is 8.99. The van der Waals surface area contributed by atoms with Crippen LogP contribution in [0.2, 0.25) is 0 Å². The normalized spacial score (nSPS) is 17.5. The minimum absolute atomic E-state index is 0.229. The van der Waals surface area contributed by atoms with E-state index in [0.29, 0.717) is 40.1 Å². The van der Waals surface area contributed by atoms with E-state index >= 15 is 4.39 Å². The molecule has 0 aliphatic heterocycles. The Morgan fingerprint density at radius 2 is 1.76 bits per heavy atom. The zero-order chi connectivity index (χ0) is 22.8. The number of aryl methyl sites for hydroxylation is 1. The fourth-order valence-corrected chi connectivity index (χ4v) is 4.97. The van der Waals surface area contributed by atoms with Crippen molar-refractivity contribution in [1.29, 1.82) is 0 Å². The molecular weight excluding hydrogens is 419 g/mol. The van der Waals surface area contributed by atoms with Gasteiger partial charge < -0.3 is 15.1 Å². The lowest BCUT2D eigenvalue weighted by atomic mass is 9.86. The van der Waals surface area contributed by atoms with Gasteiger partial charge in [0.1, 0.15) is 11.3 Å². The predicted molar refractivity (Wildman–Crippen MR) is 123 cm³/mol. The molecule has 4 aromatic rings. The Labute approximate surface area is 192 Å². The van der Waals surface area contributed by atoms with Crippen molar-refractivity contribution < 1.29 is 8.81 Å². The van der Waals surface area contributed by atoms with Crippen LogP contribution < -0.4 is 5.73 Å². The largest absolute Gasteiger partial charge is 0.425 e. The lowest BCUT2D eigenvalue weighted by molar-refractivity contribution is 0.321. The van der Waals surface area contributed by atoms with Gasteiger partial charge in [-0.2, -0.15) is 0 Å². The third kappa shape index (κ3) is 4.39. The van der Waals surface area contributed by atoms with Gasteiger partial charge in [0.05, 0.1) is 17.5 Å². The number of nitrogens with two attached hydrogens (primary N) is 1. The van der Waals surface area contributed by atoms with Gasteiger partial charge in [-0.05, 0) is 42.5 Å². The molecule has 0 amide bonds. The van der Waals surface area contributed by atoms with Crippen molar-refractivity contribution in [2.75, 3.05) is 0 Å². The molecule has 3 aromatic heterocycles. The zero-order valence-electron chi connectivity index (χ0n) is 18.8. The van der Waals surface area contributed by atoms with Crippen molar-refractivity contribution in [3.8, 4) is 0 Å². The molecule has 1 aliphatic rings. The Hall–Kier alpha value is -3.13. The molecule has 3 heterocycles. The molecule has 2 unspecified atom stereocenters. The Morgan fingerprint density at radius 3 is 2.45 bits per heavy atom. The number of imidazole rings is 1. The third-order valence-electron chi connectivity index (χ3n) is 6.75. The number of rotatable bonds is 5. The molecule has 0 saturated heterocycles. The fraction of sp³-hybridized carbons (Fsp3) is 0.440. The van der Waals surface area contributed by atoms with Gasteiger partial charge in [-0.15, -0.1) is 10.2 Å². The minimum atomic E-state index is -0.557. The summed E-state index contributed by atoms with van der Waals surface area (Å²) in [6.45, 7) is 1.72. The first-order valence-corrected chi connectivity index (χ1v) is 11.8. The number of aromatic amines is 1. The van der Waals surface area contributed by atoms with Crippen molar-refractivity contribution in [1.82, 2.24) is 25.1 Å². The maximum absolute atomic E-state index is 15.9. The molecule has 1 saturated carbocycles. The van der Waals surface area contributed by atoms with E-state index in [1.165, 1.54) is 32.1 Å². The molecule has 0 radical (unpaired) electrons. The summed E-state index contributed by atoms with van der Waals surface area (Å²) in [5, 5.41) is 8.13. The number of H-pyrrole nitrogens is 1. The summed E-state index contributed by atoms with van der Waals surface area (Å²) in [4.78, 5) is 12.0. The van der Waals surface area contributed by atoms with E-state index in [-0.39, 0.29) is 6.04 Å². The number of hydrogen-bond donors (Lipinski definition) is 2. The van der Waals surface area contributed by atoms with Crippen molar-refractivity contribution >= 4 is 11.0 Å². The van der Waals surface area contributed by atoms with Crippen LogP contribution in [0.4, 0.5) is 4.39 Å². The van der Waals surface area contributed by atoms with Crippen LogP contribution in [0.15, 0.2) is 41.1 Å². The summed E-state index contributed by atoms with van der Waals surface area (Å²) >= 11 is 0. The molecule has 33 heavy (non-hydrogen) atoms. The van der Waals surface area contributed by atoms with E-state index in [0.717, 1.165) is 18.4 Å². The van der Waals surface area contributed by atoms with Crippen molar-refractivity contribution in [2.45, 2.75) is 63.8 Å². The number of fused-ring (bicyclic) bond motifs is 1. The van der Waals surface area contributed by atoms with Crippen LogP contribution in [0.3, 0.4) is 0 Å². The van der Waals surface area contributed by atoms with Crippen molar-refractivity contribution in [2.24, 2.45) is 11.7 Å². The maximum Gasteiger partial charge on any atom is 0.228 e. The molecule has 1 aliphatic carbocycles. The van der Waals surface area contributed by atoms with Gasteiger partial charge >= 0.3 is 0 Å². The quantitative estimate of drug-likeness (QED) is 0.427. The van der Waals surface area contributed by atoms with Gasteiger partial charge in [0.2, 0.25) is 11.8 Å². The molecule has 7 nitrogen and oxygen atoms in total. The van der Waals surface area contributed by atoms with E-state index in [1.54, 1.807) is 25.4 Å². The summed E-state index contributed by atoms with van der Waals surface area (Å²) in [6, 6.07) is 7.04. The predicted octanol–water partition coefficient (Wildman–Crippen LogP) is 5.33. The Kier molecular flexibility index (Phi) is 6.17. The van der Waals surface area contributed by atoms with E-state index < -0.39 is 11.7 Å². The summed E-state index contributed by atoms with van der Waals surface area (Å²) in [6.07, 6.45) is 11.7. The topological polar surface area (TPSA) is 107 Å². The number of hydrogen-bond acceptors (Lipinski definition) is 6. The molecule has 0 bridgehead atoms. The number of nitrogens with zero attached hydrogens (tertiary/aromatic N) is 4. The van der Waals surface area contributed by atoms with Crippen LogP contribution >= 0.6 is 0 Å². The second kappa shape index (κ2) is 9.39. The second-order valence-electron chi connectivity index (χ2n) is 8.99. The van der Waals surface area contributed by atoms with Crippen LogP contribution in [-0.2, 0) is 0 Å². The molecule has 3 N–H and O–H groups in total. The van der Waals surface area contributed by atoms with E-state index in [1.807, 2.05) is 18.2 Å². The zero-order valence-corrected chi connectivity index (χ0v) is 18.8. The molecule has 1 aromatic carbocycles. The molecule has 8 heteroatoms. The molecule has 2 atom stereocenters. The fourth-order valence-electron chi connectivity index (χ4n) is 4.97. The first-order chi connectivity index (χ1) is 16.1. The monoisotopic (exact) mass is 448 g/mol. The summed E-state index contributed by atoms with van der Waals surface area (Å²) < 4.78 is 21.6.